The van der Waals surface area contributed by atoms with E-state index in [1.54, 1.807) is 12.1 Å². The van der Waals surface area contributed by atoms with Crippen molar-refractivity contribution in [2.45, 2.75) is 38.3 Å². The number of amides is 2. The summed E-state index contributed by atoms with van der Waals surface area (Å²) in [6, 6.07) is 6.29. The lowest BCUT2D eigenvalue weighted by molar-refractivity contribution is 0.101. The van der Waals surface area contributed by atoms with Gasteiger partial charge in [0.1, 0.15) is 5.82 Å². The summed E-state index contributed by atoms with van der Waals surface area (Å²) in [5.74, 6) is 0.144. The van der Waals surface area contributed by atoms with Crippen molar-refractivity contribution in [3.05, 3.63) is 35.6 Å². The van der Waals surface area contributed by atoms with Crippen LogP contribution in [0.5, 0.6) is 0 Å². The van der Waals surface area contributed by atoms with Gasteiger partial charge in [-0.2, -0.15) is 0 Å². The van der Waals surface area contributed by atoms with Crippen molar-refractivity contribution in [3.8, 4) is 0 Å². The van der Waals surface area contributed by atoms with Crippen LogP contribution in [0.3, 0.4) is 0 Å². The molecule has 2 atom stereocenters. The smallest absolute Gasteiger partial charge is 0.314 e. The molecule has 0 spiro atoms. The monoisotopic (exact) mass is 337 g/mol. The van der Waals surface area contributed by atoms with E-state index in [2.05, 4.69) is 15.5 Å². The number of aliphatic hydroxyl groups excluding tert-OH is 1. The van der Waals surface area contributed by atoms with Gasteiger partial charge in [-0.3, -0.25) is 0 Å². The Morgan fingerprint density at radius 1 is 1.29 bits per heavy atom. The number of nitrogens with zero attached hydrogens (tertiary/aromatic N) is 1. The predicted molar refractivity (Wildman–Crippen MR) is 92.1 cm³/mol. The maximum Gasteiger partial charge on any atom is 0.314 e. The normalized spacial score (nSPS) is 20.8. The molecular formula is C18H28FN3O2. The summed E-state index contributed by atoms with van der Waals surface area (Å²) in [4.78, 5) is 13.9. The number of likely N-dealkylation sites (N-methyl/N-ethyl adjacent to an activating group) is 1. The minimum atomic E-state index is -0.231. The SMILES string of the molecule is CN(CCNC(=O)NCC1CCCC(O)C1)Cc1ccc(F)cc1. The predicted octanol–water partition coefficient (Wildman–Crippen LogP) is 2.11. The van der Waals surface area contributed by atoms with E-state index < -0.39 is 0 Å². The van der Waals surface area contributed by atoms with Gasteiger partial charge in [0.15, 0.2) is 0 Å². The summed E-state index contributed by atoms with van der Waals surface area (Å²) in [6.45, 7) is 2.60. The second kappa shape index (κ2) is 9.59. The van der Waals surface area contributed by atoms with Crippen LogP contribution in [0.2, 0.25) is 0 Å². The molecule has 3 N–H and O–H groups in total. The van der Waals surface area contributed by atoms with Gasteiger partial charge in [-0.05, 0) is 49.9 Å². The molecule has 1 saturated carbocycles. The number of rotatable bonds is 7. The average Bonchev–Trinajstić information content (AvgIpc) is 2.55. The zero-order chi connectivity index (χ0) is 17.4. The van der Waals surface area contributed by atoms with Gasteiger partial charge in [-0.25, -0.2) is 9.18 Å². The minimum Gasteiger partial charge on any atom is -0.393 e. The second-order valence-corrected chi connectivity index (χ2v) is 6.69. The molecule has 0 radical (unpaired) electrons. The molecule has 6 heteroatoms. The number of carbonyl (C=O) groups excluding carboxylic acids is 1. The summed E-state index contributed by atoms with van der Waals surface area (Å²) in [5, 5.41) is 15.4. The van der Waals surface area contributed by atoms with Crippen molar-refractivity contribution >= 4 is 6.03 Å². The Morgan fingerprint density at radius 3 is 2.75 bits per heavy atom. The van der Waals surface area contributed by atoms with Crippen molar-refractivity contribution in [1.29, 1.82) is 0 Å². The fourth-order valence-corrected chi connectivity index (χ4v) is 3.09. The zero-order valence-electron chi connectivity index (χ0n) is 14.3. The highest BCUT2D eigenvalue weighted by molar-refractivity contribution is 5.73. The van der Waals surface area contributed by atoms with Crippen LogP contribution in [0.1, 0.15) is 31.2 Å². The molecular weight excluding hydrogens is 309 g/mol. The molecule has 2 rings (SSSR count). The van der Waals surface area contributed by atoms with E-state index >= 15 is 0 Å². The quantitative estimate of drug-likeness (QED) is 0.714. The Balaban J connectivity index is 1.57. The van der Waals surface area contributed by atoms with Gasteiger partial charge in [-0.1, -0.05) is 18.6 Å². The highest BCUT2D eigenvalue weighted by Gasteiger charge is 2.20. The van der Waals surface area contributed by atoms with Gasteiger partial charge >= 0.3 is 6.03 Å². The maximum absolute atomic E-state index is 12.9. The van der Waals surface area contributed by atoms with Crippen LogP contribution in [0, 0.1) is 11.7 Å². The molecule has 1 aromatic carbocycles. The number of hydrogen-bond donors (Lipinski definition) is 3. The van der Waals surface area contributed by atoms with E-state index in [-0.39, 0.29) is 18.0 Å². The van der Waals surface area contributed by atoms with E-state index in [1.807, 2.05) is 7.05 Å². The van der Waals surface area contributed by atoms with Gasteiger partial charge in [0.25, 0.3) is 0 Å². The van der Waals surface area contributed by atoms with E-state index in [9.17, 15) is 14.3 Å². The highest BCUT2D eigenvalue weighted by Crippen LogP contribution is 2.23. The van der Waals surface area contributed by atoms with E-state index in [0.717, 1.165) is 31.2 Å². The molecule has 0 aliphatic heterocycles. The molecule has 1 aromatic rings. The third kappa shape index (κ3) is 6.84. The molecule has 0 bridgehead atoms. The first-order valence-corrected chi connectivity index (χ1v) is 8.65. The van der Waals surface area contributed by atoms with Gasteiger partial charge in [0, 0.05) is 26.2 Å². The van der Waals surface area contributed by atoms with Crippen LogP contribution in [-0.4, -0.2) is 48.8 Å². The molecule has 2 amide bonds. The Morgan fingerprint density at radius 2 is 2.04 bits per heavy atom. The molecule has 0 saturated heterocycles. The average molecular weight is 337 g/mol. The second-order valence-electron chi connectivity index (χ2n) is 6.69. The fourth-order valence-electron chi connectivity index (χ4n) is 3.09. The number of hydrogen-bond acceptors (Lipinski definition) is 3. The number of nitrogens with one attached hydrogen (secondary N) is 2. The van der Waals surface area contributed by atoms with Crippen LogP contribution in [0.25, 0.3) is 0 Å². The third-order valence-electron chi connectivity index (χ3n) is 4.45. The lowest BCUT2D eigenvalue weighted by atomic mass is 9.87. The first-order chi connectivity index (χ1) is 11.5. The first-order valence-electron chi connectivity index (χ1n) is 8.65. The topological polar surface area (TPSA) is 64.6 Å². The molecule has 2 unspecified atom stereocenters. The zero-order valence-corrected chi connectivity index (χ0v) is 14.3. The molecule has 0 heterocycles. The molecule has 134 valence electrons. The molecule has 24 heavy (non-hydrogen) atoms. The Bertz CT molecular complexity index is 509. The van der Waals surface area contributed by atoms with Crippen LogP contribution >= 0.6 is 0 Å². The summed E-state index contributed by atoms with van der Waals surface area (Å²) in [7, 11) is 1.96. The van der Waals surface area contributed by atoms with Crippen LogP contribution in [0.4, 0.5) is 9.18 Å². The largest absolute Gasteiger partial charge is 0.393 e. The van der Waals surface area contributed by atoms with E-state index in [0.29, 0.717) is 32.1 Å². The number of benzene rings is 1. The molecule has 1 aliphatic rings. The van der Waals surface area contributed by atoms with Gasteiger partial charge in [0.05, 0.1) is 6.10 Å². The fraction of sp³-hybridized carbons (Fsp3) is 0.611. The van der Waals surface area contributed by atoms with E-state index in [1.165, 1.54) is 12.1 Å². The highest BCUT2D eigenvalue weighted by atomic mass is 19.1. The van der Waals surface area contributed by atoms with Gasteiger partial charge in [0.2, 0.25) is 0 Å². The van der Waals surface area contributed by atoms with Crippen molar-refractivity contribution < 1.29 is 14.3 Å². The Hall–Kier alpha value is -1.66. The first kappa shape index (κ1) is 18.7. The molecule has 1 aliphatic carbocycles. The maximum atomic E-state index is 12.9. The third-order valence-corrected chi connectivity index (χ3v) is 4.45. The standard InChI is InChI=1S/C18H28FN3O2/c1-22(13-14-5-7-16(19)8-6-14)10-9-20-18(24)21-12-15-3-2-4-17(23)11-15/h5-8,15,17,23H,2-4,9-13H2,1H3,(H2,20,21,24). The van der Waals surface area contributed by atoms with E-state index in [4.69, 9.17) is 0 Å². The molecule has 1 fully saturated rings. The number of halogens is 1. The van der Waals surface area contributed by atoms with Gasteiger partial charge < -0.3 is 20.6 Å². The Labute approximate surface area is 143 Å². The minimum absolute atomic E-state index is 0.162. The summed E-state index contributed by atoms with van der Waals surface area (Å²) in [6.07, 6.45) is 3.54. The number of carbonyl (C=O) groups is 1. The van der Waals surface area contributed by atoms with Crippen LogP contribution < -0.4 is 10.6 Å². The van der Waals surface area contributed by atoms with Crippen molar-refractivity contribution in [1.82, 2.24) is 15.5 Å². The number of urea groups is 1. The van der Waals surface area contributed by atoms with Crippen LogP contribution in [0.15, 0.2) is 24.3 Å². The Kier molecular flexibility index (Phi) is 7.46. The number of aliphatic hydroxyl groups is 1. The summed E-state index contributed by atoms with van der Waals surface area (Å²) >= 11 is 0. The molecule has 0 aromatic heterocycles. The van der Waals surface area contributed by atoms with Crippen molar-refractivity contribution in [2.75, 3.05) is 26.7 Å². The summed E-state index contributed by atoms with van der Waals surface area (Å²) < 4.78 is 12.9. The lowest BCUT2D eigenvalue weighted by Gasteiger charge is -2.26. The van der Waals surface area contributed by atoms with Crippen molar-refractivity contribution in [2.24, 2.45) is 5.92 Å². The lowest BCUT2D eigenvalue weighted by Crippen LogP contribution is -2.42. The van der Waals surface area contributed by atoms with Crippen molar-refractivity contribution in [3.63, 3.8) is 0 Å². The molecule has 5 nitrogen and oxygen atoms in total. The summed E-state index contributed by atoms with van der Waals surface area (Å²) in [5.41, 5.74) is 1.04. The van der Waals surface area contributed by atoms with Crippen LogP contribution in [-0.2, 0) is 6.54 Å². The van der Waals surface area contributed by atoms with Gasteiger partial charge in [-0.15, -0.1) is 0 Å².